The van der Waals surface area contributed by atoms with Gasteiger partial charge in [-0.05, 0) is 60.4 Å². The Morgan fingerprint density at radius 2 is 1.65 bits per heavy atom. The molecule has 9 heteroatoms. The number of urea groups is 1. The fraction of sp³-hybridized carbons (Fsp3) is 0.161. The van der Waals surface area contributed by atoms with Crippen LogP contribution >= 0.6 is 0 Å². The van der Waals surface area contributed by atoms with Crippen molar-refractivity contribution in [3.05, 3.63) is 128 Å². The summed E-state index contributed by atoms with van der Waals surface area (Å²) in [7, 11) is 1.28. The molecule has 0 saturated carbocycles. The number of esters is 1. The van der Waals surface area contributed by atoms with E-state index in [0.29, 0.717) is 28.9 Å². The molecule has 1 aliphatic heterocycles. The Hall–Kier alpha value is -5.18. The van der Waals surface area contributed by atoms with E-state index >= 15 is 0 Å². The standard InChI is InChI=1S/C31H28N4O5/c1-19-9-4-6-12-22(19)16-25-24(28(36)35(33-25)27-14-7-5-10-20(27)2)17-26-29(37)34(31(39)32-26)18-21-11-8-13-23(15-21)30(38)40-3/h4-15,17,33H,16,18H2,1-3H3,(H,32,39)/b26-17-. The molecule has 40 heavy (non-hydrogen) atoms. The van der Waals surface area contributed by atoms with E-state index in [0.717, 1.165) is 21.6 Å². The maximum atomic E-state index is 13.7. The van der Waals surface area contributed by atoms with Crippen LogP contribution in [0.5, 0.6) is 0 Å². The molecule has 3 aromatic carbocycles. The lowest BCUT2D eigenvalue weighted by molar-refractivity contribution is -0.123. The highest BCUT2D eigenvalue weighted by Gasteiger charge is 2.34. The number of H-pyrrole nitrogens is 1. The minimum Gasteiger partial charge on any atom is -0.465 e. The Bertz CT molecular complexity index is 1730. The van der Waals surface area contributed by atoms with Crippen molar-refractivity contribution in [1.82, 2.24) is 20.0 Å². The fourth-order valence-corrected chi connectivity index (χ4v) is 4.72. The zero-order chi connectivity index (χ0) is 28.4. The molecular weight excluding hydrogens is 508 g/mol. The molecule has 2 N–H and O–H groups in total. The number of imide groups is 1. The van der Waals surface area contributed by atoms with Crippen LogP contribution < -0.4 is 10.9 Å². The van der Waals surface area contributed by atoms with Crippen molar-refractivity contribution >= 4 is 24.0 Å². The molecule has 1 fully saturated rings. The lowest BCUT2D eigenvalue weighted by Crippen LogP contribution is -2.30. The number of ether oxygens (including phenoxy) is 1. The zero-order valence-electron chi connectivity index (χ0n) is 22.4. The monoisotopic (exact) mass is 536 g/mol. The molecule has 2 heterocycles. The first-order chi connectivity index (χ1) is 19.3. The number of methoxy groups -OCH3 is 1. The number of carbonyl (C=O) groups excluding carboxylic acids is 3. The van der Waals surface area contributed by atoms with Crippen molar-refractivity contribution in [1.29, 1.82) is 0 Å². The van der Waals surface area contributed by atoms with Gasteiger partial charge in [0.05, 0.1) is 30.5 Å². The van der Waals surface area contributed by atoms with Crippen molar-refractivity contribution in [2.45, 2.75) is 26.8 Å². The van der Waals surface area contributed by atoms with Gasteiger partial charge in [0.15, 0.2) is 0 Å². The van der Waals surface area contributed by atoms with E-state index in [9.17, 15) is 19.2 Å². The number of para-hydroxylation sites is 1. The minimum atomic E-state index is -0.616. The molecule has 4 aromatic rings. The van der Waals surface area contributed by atoms with Gasteiger partial charge in [-0.1, -0.05) is 54.6 Å². The van der Waals surface area contributed by atoms with E-state index in [-0.39, 0.29) is 23.4 Å². The number of carbonyl (C=O) groups is 3. The lowest BCUT2D eigenvalue weighted by atomic mass is 10.0. The molecule has 1 saturated heterocycles. The average Bonchev–Trinajstić information content (AvgIpc) is 3.40. The molecule has 9 nitrogen and oxygen atoms in total. The summed E-state index contributed by atoms with van der Waals surface area (Å²) >= 11 is 0. The molecule has 0 bridgehead atoms. The summed E-state index contributed by atoms with van der Waals surface area (Å²) in [6, 6.07) is 21.3. The second-order valence-corrected chi connectivity index (χ2v) is 9.61. The molecule has 0 spiro atoms. The number of aromatic nitrogens is 2. The van der Waals surface area contributed by atoms with Crippen LogP contribution in [0.2, 0.25) is 0 Å². The first-order valence-electron chi connectivity index (χ1n) is 12.7. The van der Waals surface area contributed by atoms with Crippen LogP contribution in [-0.2, 0) is 22.5 Å². The van der Waals surface area contributed by atoms with Crippen LogP contribution in [0, 0.1) is 13.8 Å². The SMILES string of the molecule is COC(=O)c1cccc(CN2C(=O)N/C(=C\c3c(Cc4ccccc4C)[nH]n(-c4ccccc4C)c3=O)C2=O)c1. The summed E-state index contributed by atoms with van der Waals surface area (Å²) in [4.78, 5) is 52.8. The topological polar surface area (TPSA) is 114 Å². The number of aryl methyl sites for hydroxylation is 2. The predicted octanol–water partition coefficient (Wildman–Crippen LogP) is 4.25. The van der Waals surface area contributed by atoms with Crippen molar-refractivity contribution in [3.63, 3.8) is 0 Å². The highest BCUT2D eigenvalue weighted by molar-refractivity contribution is 6.14. The van der Waals surface area contributed by atoms with Crippen LogP contribution in [-0.4, -0.2) is 39.7 Å². The quantitative estimate of drug-likeness (QED) is 0.208. The fourth-order valence-electron chi connectivity index (χ4n) is 4.72. The summed E-state index contributed by atoms with van der Waals surface area (Å²) in [5.41, 5.74) is 5.13. The first kappa shape index (κ1) is 26.4. The molecule has 0 unspecified atom stereocenters. The van der Waals surface area contributed by atoms with Gasteiger partial charge in [0.2, 0.25) is 0 Å². The Kier molecular flexibility index (Phi) is 7.20. The molecule has 3 amide bonds. The summed E-state index contributed by atoms with van der Waals surface area (Å²) < 4.78 is 6.22. The van der Waals surface area contributed by atoms with Crippen molar-refractivity contribution in [3.8, 4) is 5.69 Å². The zero-order valence-corrected chi connectivity index (χ0v) is 22.4. The van der Waals surface area contributed by atoms with Gasteiger partial charge in [0, 0.05) is 12.1 Å². The van der Waals surface area contributed by atoms with E-state index in [1.165, 1.54) is 17.9 Å². The number of benzene rings is 3. The van der Waals surface area contributed by atoms with E-state index in [2.05, 4.69) is 10.4 Å². The molecule has 1 aliphatic rings. The average molecular weight is 537 g/mol. The molecule has 1 aromatic heterocycles. The van der Waals surface area contributed by atoms with E-state index in [4.69, 9.17) is 4.74 Å². The number of amides is 3. The number of nitrogens with one attached hydrogen (secondary N) is 2. The van der Waals surface area contributed by atoms with E-state index in [1.54, 1.807) is 24.3 Å². The van der Waals surface area contributed by atoms with Crippen molar-refractivity contribution < 1.29 is 19.1 Å². The Balaban J connectivity index is 1.52. The van der Waals surface area contributed by atoms with E-state index < -0.39 is 17.9 Å². The van der Waals surface area contributed by atoms with Gasteiger partial charge in [-0.25, -0.2) is 14.3 Å². The van der Waals surface area contributed by atoms with Crippen LogP contribution in [0.4, 0.5) is 4.79 Å². The maximum Gasteiger partial charge on any atom is 0.337 e. The largest absolute Gasteiger partial charge is 0.465 e. The number of rotatable bonds is 7. The van der Waals surface area contributed by atoms with Crippen LogP contribution in [0.1, 0.15) is 43.9 Å². The third-order valence-corrected chi connectivity index (χ3v) is 6.93. The number of hydrogen-bond donors (Lipinski definition) is 2. The summed E-state index contributed by atoms with van der Waals surface area (Å²) in [5, 5.41) is 5.84. The van der Waals surface area contributed by atoms with Crippen LogP contribution in [0.15, 0.2) is 83.3 Å². The second-order valence-electron chi connectivity index (χ2n) is 9.61. The minimum absolute atomic E-state index is 0.00631. The summed E-state index contributed by atoms with van der Waals surface area (Å²) in [5.74, 6) is -1.09. The predicted molar refractivity (Wildman–Crippen MR) is 150 cm³/mol. The smallest absolute Gasteiger partial charge is 0.337 e. The Morgan fingerprint density at radius 3 is 2.38 bits per heavy atom. The third-order valence-electron chi connectivity index (χ3n) is 6.93. The Morgan fingerprint density at radius 1 is 0.925 bits per heavy atom. The molecule has 0 atom stereocenters. The van der Waals surface area contributed by atoms with Gasteiger partial charge in [-0.15, -0.1) is 0 Å². The van der Waals surface area contributed by atoms with Gasteiger partial charge in [0.1, 0.15) is 5.70 Å². The van der Waals surface area contributed by atoms with Crippen LogP contribution in [0.3, 0.4) is 0 Å². The molecule has 0 radical (unpaired) electrons. The van der Waals surface area contributed by atoms with E-state index in [1.807, 2.05) is 62.4 Å². The van der Waals surface area contributed by atoms with Gasteiger partial charge in [-0.3, -0.25) is 19.6 Å². The summed E-state index contributed by atoms with van der Waals surface area (Å²) in [6.45, 7) is 3.86. The lowest BCUT2D eigenvalue weighted by Gasteiger charge is -2.12. The maximum absolute atomic E-state index is 13.7. The van der Waals surface area contributed by atoms with Gasteiger partial charge in [-0.2, -0.15) is 0 Å². The number of aromatic amines is 1. The second kappa shape index (κ2) is 10.9. The van der Waals surface area contributed by atoms with Crippen molar-refractivity contribution in [2.24, 2.45) is 0 Å². The Labute approximate surface area is 230 Å². The summed E-state index contributed by atoms with van der Waals surface area (Å²) in [6.07, 6.45) is 1.86. The number of nitrogens with zero attached hydrogens (tertiary/aromatic N) is 2. The first-order valence-corrected chi connectivity index (χ1v) is 12.7. The normalized spacial score (nSPS) is 14.1. The third kappa shape index (κ3) is 5.09. The number of hydrogen-bond acceptors (Lipinski definition) is 5. The molecular formula is C31H28N4O5. The molecule has 5 rings (SSSR count). The highest BCUT2D eigenvalue weighted by Crippen LogP contribution is 2.21. The van der Waals surface area contributed by atoms with Gasteiger partial charge < -0.3 is 10.1 Å². The van der Waals surface area contributed by atoms with Crippen LogP contribution in [0.25, 0.3) is 11.8 Å². The van der Waals surface area contributed by atoms with Gasteiger partial charge >= 0.3 is 12.0 Å². The van der Waals surface area contributed by atoms with Gasteiger partial charge in [0.25, 0.3) is 11.5 Å². The highest BCUT2D eigenvalue weighted by atomic mass is 16.5. The molecule has 202 valence electrons. The van der Waals surface area contributed by atoms with Crippen molar-refractivity contribution in [2.75, 3.05) is 7.11 Å². The molecule has 0 aliphatic carbocycles.